The second-order valence-electron chi connectivity index (χ2n) is 4.32. The summed E-state index contributed by atoms with van der Waals surface area (Å²) in [6.45, 7) is 2.27. The molecule has 104 valence electrons. The van der Waals surface area contributed by atoms with Gasteiger partial charge < -0.3 is 9.64 Å². The minimum Gasteiger partial charge on any atom is -0.378 e. The van der Waals surface area contributed by atoms with E-state index in [1.165, 1.54) is 11.0 Å². The SMILES string of the molecule is O=C(c1ccc(Cl)cc1-n1cnnn1)N1CCOCC1. The van der Waals surface area contributed by atoms with E-state index in [1.807, 2.05) is 0 Å². The average molecular weight is 294 g/mol. The largest absolute Gasteiger partial charge is 0.378 e. The molecule has 2 aromatic rings. The Balaban J connectivity index is 1.98. The Morgan fingerprint density at radius 1 is 1.30 bits per heavy atom. The molecule has 20 heavy (non-hydrogen) atoms. The van der Waals surface area contributed by atoms with Crippen molar-refractivity contribution in [3.8, 4) is 5.69 Å². The molecule has 0 bridgehead atoms. The molecule has 1 saturated heterocycles. The van der Waals surface area contributed by atoms with Crippen molar-refractivity contribution < 1.29 is 9.53 Å². The number of morpholine rings is 1. The molecule has 0 spiro atoms. The van der Waals surface area contributed by atoms with Crippen molar-refractivity contribution in [2.75, 3.05) is 26.3 Å². The molecular formula is C12H12ClN5O2. The van der Waals surface area contributed by atoms with Crippen LogP contribution in [0.4, 0.5) is 0 Å². The lowest BCUT2D eigenvalue weighted by Gasteiger charge is -2.27. The Labute approximate surface area is 120 Å². The van der Waals surface area contributed by atoms with Crippen molar-refractivity contribution in [2.45, 2.75) is 0 Å². The van der Waals surface area contributed by atoms with Gasteiger partial charge in [0, 0.05) is 18.1 Å². The lowest BCUT2D eigenvalue weighted by Crippen LogP contribution is -2.41. The fraction of sp³-hybridized carbons (Fsp3) is 0.333. The molecule has 1 amide bonds. The molecule has 1 fully saturated rings. The van der Waals surface area contributed by atoms with Crippen LogP contribution in [-0.4, -0.2) is 57.3 Å². The van der Waals surface area contributed by atoms with Crippen LogP contribution >= 0.6 is 11.6 Å². The van der Waals surface area contributed by atoms with Gasteiger partial charge in [-0.1, -0.05) is 11.6 Å². The van der Waals surface area contributed by atoms with Gasteiger partial charge in [0.1, 0.15) is 6.33 Å². The second kappa shape index (κ2) is 5.56. The molecule has 0 atom stereocenters. The number of carbonyl (C=O) groups is 1. The van der Waals surface area contributed by atoms with E-state index in [0.29, 0.717) is 42.6 Å². The number of nitrogens with zero attached hydrogens (tertiary/aromatic N) is 5. The highest BCUT2D eigenvalue weighted by Gasteiger charge is 2.22. The van der Waals surface area contributed by atoms with Crippen LogP contribution in [0.1, 0.15) is 10.4 Å². The van der Waals surface area contributed by atoms with Crippen LogP contribution in [0.5, 0.6) is 0 Å². The zero-order chi connectivity index (χ0) is 13.9. The first-order valence-corrected chi connectivity index (χ1v) is 6.53. The van der Waals surface area contributed by atoms with Gasteiger partial charge in [-0.25, -0.2) is 0 Å². The smallest absolute Gasteiger partial charge is 0.256 e. The first-order chi connectivity index (χ1) is 9.75. The van der Waals surface area contributed by atoms with Gasteiger partial charge in [0.2, 0.25) is 0 Å². The van der Waals surface area contributed by atoms with E-state index in [0.717, 1.165) is 0 Å². The van der Waals surface area contributed by atoms with Crippen LogP contribution in [-0.2, 0) is 4.74 Å². The summed E-state index contributed by atoms with van der Waals surface area (Å²) >= 11 is 6.00. The summed E-state index contributed by atoms with van der Waals surface area (Å²) in [5.41, 5.74) is 1.09. The Morgan fingerprint density at radius 2 is 2.10 bits per heavy atom. The van der Waals surface area contributed by atoms with Gasteiger partial charge in [0.15, 0.2) is 0 Å². The van der Waals surface area contributed by atoms with E-state index in [9.17, 15) is 4.79 Å². The monoisotopic (exact) mass is 293 g/mol. The van der Waals surface area contributed by atoms with E-state index in [1.54, 1.807) is 23.1 Å². The molecule has 8 heteroatoms. The number of halogens is 1. The maximum absolute atomic E-state index is 12.6. The van der Waals surface area contributed by atoms with Crippen LogP contribution in [0.25, 0.3) is 5.69 Å². The van der Waals surface area contributed by atoms with Gasteiger partial charge in [-0.05, 0) is 28.6 Å². The molecule has 2 heterocycles. The maximum Gasteiger partial charge on any atom is 0.256 e. The molecule has 3 rings (SSSR count). The Hall–Kier alpha value is -1.99. The third kappa shape index (κ3) is 2.50. The topological polar surface area (TPSA) is 73.1 Å². The van der Waals surface area contributed by atoms with Crippen LogP contribution in [0.15, 0.2) is 24.5 Å². The van der Waals surface area contributed by atoms with Gasteiger partial charge >= 0.3 is 0 Å². The second-order valence-corrected chi connectivity index (χ2v) is 4.76. The molecule has 0 radical (unpaired) electrons. The Kier molecular flexibility index (Phi) is 3.62. The summed E-state index contributed by atoms with van der Waals surface area (Å²) in [4.78, 5) is 14.3. The number of hydrogen-bond donors (Lipinski definition) is 0. The number of benzene rings is 1. The highest BCUT2D eigenvalue weighted by Crippen LogP contribution is 2.21. The van der Waals surface area contributed by atoms with Crippen molar-refractivity contribution in [1.29, 1.82) is 0 Å². The molecule has 0 N–H and O–H groups in total. The number of ether oxygens (including phenoxy) is 1. The fourth-order valence-corrected chi connectivity index (χ4v) is 2.25. The summed E-state index contributed by atoms with van der Waals surface area (Å²) in [6, 6.07) is 5.05. The molecule has 1 aromatic heterocycles. The zero-order valence-electron chi connectivity index (χ0n) is 10.6. The van der Waals surface area contributed by atoms with Crippen molar-refractivity contribution >= 4 is 17.5 Å². The van der Waals surface area contributed by atoms with E-state index in [-0.39, 0.29) is 5.91 Å². The minimum atomic E-state index is -0.0736. The third-order valence-corrected chi connectivity index (χ3v) is 3.32. The van der Waals surface area contributed by atoms with Crippen molar-refractivity contribution in [1.82, 2.24) is 25.1 Å². The van der Waals surface area contributed by atoms with Crippen LogP contribution in [0.3, 0.4) is 0 Å². The van der Waals surface area contributed by atoms with Gasteiger partial charge in [-0.15, -0.1) is 5.10 Å². The summed E-state index contributed by atoms with van der Waals surface area (Å²) in [7, 11) is 0. The minimum absolute atomic E-state index is 0.0736. The number of tetrazole rings is 1. The van der Waals surface area contributed by atoms with E-state index >= 15 is 0 Å². The number of amides is 1. The summed E-state index contributed by atoms with van der Waals surface area (Å²) in [5, 5.41) is 11.5. The quantitative estimate of drug-likeness (QED) is 0.818. The normalized spacial score (nSPS) is 15.3. The van der Waals surface area contributed by atoms with E-state index in [2.05, 4.69) is 15.5 Å². The lowest BCUT2D eigenvalue weighted by molar-refractivity contribution is 0.0303. The van der Waals surface area contributed by atoms with Crippen molar-refractivity contribution in [3.63, 3.8) is 0 Å². The predicted molar refractivity (Wildman–Crippen MR) is 70.9 cm³/mol. The van der Waals surface area contributed by atoms with Gasteiger partial charge in [0.05, 0.1) is 24.5 Å². The average Bonchev–Trinajstić information content (AvgIpc) is 3.01. The van der Waals surface area contributed by atoms with Crippen LogP contribution in [0.2, 0.25) is 5.02 Å². The highest BCUT2D eigenvalue weighted by molar-refractivity contribution is 6.31. The summed E-state index contributed by atoms with van der Waals surface area (Å²) < 4.78 is 6.68. The molecular weight excluding hydrogens is 282 g/mol. The number of carbonyl (C=O) groups excluding carboxylic acids is 1. The van der Waals surface area contributed by atoms with Crippen molar-refractivity contribution in [3.05, 3.63) is 35.1 Å². The summed E-state index contributed by atoms with van der Waals surface area (Å²) in [6.07, 6.45) is 1.43. The summed E-state index contributed by atoms with van der Waals surface area (Å²) in [5.74, 6) is -0.0736. The first kappa shape index (κ1) is 13.0. The fourth-order valence-electron chi connectivity index (χ4n) is 2.08. The Bertz CT molecular complexity index is 610. The molecule has 0 aliphatic carbocycles. The van der Waals surface area contributed by atoms with Crippen molar-refractivity contribution in [2.24, 2.45) is 0 Å². The molecule has 1 aromatic carbocycles. The highest BCUT2D eigenvalue weighted by atomic mass is 35.5. The molecule has 0 saturated carbocycles. The third-order valence-electron chi connectivity index (χ3n) is 3.08. The first-order valence-electron chi connectivity index (χ1n) is 6.15. The number of hydrogen-bond acceptors (Lipinski definition) is 5. The predicted octanol–water partition coefficient (Wildman–Crippen LogP) is 0.788. The van der Waals surface area contributed by atoms with Gasteiger partial charge in [-0.2, -0.15) is 4.68 Å². The molecule has 7 nitrogen and oxygen atoms in total. The molecule has 1 aliphatic rings. The van der Waals surface area contributed by atoms with Gasteiger partial charge in [0.25, 0.3) is 5.91 Å². The maximum atomic E-state index is 12.6. The van der Waals surface area contributed by atoms with Crippen LogP contribution < -0.4 is 0 Å². The van der Waals surface area contributed by atoms with E-state index in [4.69, 9.17) is 16.3 Å². The van der Waals surface area contributed by atoms with Gasteiger partial charge in [-0.3, -0.25) is 4.79 Å². The molecule has 0 unspecified atom stereocenters. The van der Waals surface area contributed by atoms with Crippen LogP contribution in [0, 0.1) is 0 Å². The lowest BCUT2D eigenvalue weighted by atomic mass is 10.1. The zero-order valence-corrected chi connectivity index (χ0v) is 11.3. The number of aromatic nitrogens is 4. The molecule has 1 aliphatic heterocycles. The number of rotatable bonds is 2. The standard InChI is InChI=1S/C12H12ClN5O2/c13-9-1-2-10(11(7-9)18-8-14-15-16-18)12(19)17-3-5-20-6-4-17/h1-2,7-8H,3-6H2. The Morgan fingerprint density at radius 3 is 2.80 bits per heavy atom. The van der Waals surface area contributed by atoms with E-state index < -0.39 is 0 Å².